The molecule has 0 radical (unpaired) electrons. The minimum Gasteiger partial charge on any atom is -0.497 e. The topological polar surface area (TPSA) is 29.5 Å². The fraction of sp³-hybridized carbons (Fsp3) is 0.600. The molecule has 1 saturated carbocycles. The summed E-state index contributed by atoms with van der Waals surface area (Å²) >= 11 is 6.23. The predicted molar refractivity (Wildman–Crippen MR) is 74.1 cm³/mol. The Bertz CT molecular complexity index is 429. The first-order chi connectivity index (χ1) is 8.45. The molecule has 0 saturated heterocycles. The summed E-state index contributed by atoms with van der Waals surface area (Å²) in [5, 5.41) is 11.2. The molecule has 2 nitrogen and oxygen atoms in total. The second-order valence-corrected chi connectivity index (χ2v) is 6.23. The first-order valence-corrected chi connectivity index (χ1v) is 6.85. The van der Waals surface area contributed by atoms with Crippen LogP contribution in [0, 0.1) is 11.3 Å². The Kier molecular flexibility index (Phi) is 3.88. The van der Waals surface area contributed by atoms with Gasteiger partial charge in [-0.05, 0) is 41.9 Å². The molecule has 1 N–H and O–H groups in total. The molecule has 0 bridgehead atoms. The van der Waals surface area contributed by atoms with E-state index in [0.717, 1.165) is 17.7 Å². The van der Waals surface area contributed by atoms with Crippen LogP contribution in [0.2, 0.25) is 5.02 Å². The predicted octanol–water partition coefficient (Wildman–Crippen LogP) is 4.21. The summed E-state index contributed by atoms with van der Waals surface area (Å²) in [6.45, 7) is 4.45. The smallest absolute Gasteiger partial charge is 0.120 e. The highest BCUT2D eigenvalue weighted by molar-refractivity contribution is 6.31. The lowest BCUT2D eigenvalue weighted by atomic mass is 9.77. The van der Waals surface area contributed by atoms with Crippen molar-refractivity contribution in [2.45, 2.75) is 39.2 Å². The molecule has 2 unspecified atom stereocenters. The lowest BCUT2D eigenvalue weighted by molar-refractivity contribution is 0.0532. The number of aliphatic hydroxyl groups excluding tert-OH is 1. The molecule has 1 aliphatic rings. The maximum atomic E-state index is 10.6. The number of aliphatic hydroxyl groups is 1. The lowest BCUT2D eigenvalue weighted by Crippen LogP contribution is -2.24. The molecular weight excluding hydrogens is 248 g/mol. The minimum absolute atomic E-state index is 0.183. The molecule has 0 amide bonds. The van der Waals surface area contributed by atoms with E-state index in [1.807, 2.05) is 12.1 Å². The molecule has 1 aliphatic carbocycles. The Morgan fingerprint density at radius 2 is 2.17 bits per heavy atom. The van der Waals surface area contributed by atoms with E-state index in [1.54, 1.807) is 13.2 Å². The highest BCUT2D eigenvalue weighted by atomic mass is 35.5. The third kappa shape index (κ3) is 2.50. The van der Waals surface area contributed by atoms with Crippen molar-refractivity contribution in [3.8, 4) is 5.75 Å². The standard InChI is InChI=1S/C15H21ClO2/c1-15(2)8-4-5-12(15)14(17)11-7-6-10(18-3)9-13(11)16/h6-7,9,12,14,17H,4-5,8H2,1-3H3. The first-order valence-electron chi connectivity index (χ1n) is 6.47. The molecule has 0 heterocycles. The van der Waals surface area contributed by atoms with Crippen LogP contribution >= 0.6 is 11.6 Å². The number of hydrogen-bond donors (Lipinski definition) is 1. The summed E-state index contributed by atoms with van der Waals surface area (Å²) in [6.07, 6.45) is 2.93. The van der Waals surface area contributed by atoms with Gasteiger partial charge >= 0.3 is 0 Å². The summed E-state index contributed by atoms with van der Waals surface area (Å²) < 4.78 is 5.13. The zero-order valence-corrected chi connectivity index (χ0v) is 12.0. The maximum absolute atomic E-state index is 10.6. The molecule has 2 atom stereocenters. The van der Waals surface area contributed by atoms with Crippen molar-refractivity contribution >= 4 is 11.6 Å². The van der Waals surface area contributed by atoms with Crippen molar-refractivity contribution < 1.29 is 9.84 Å². The van der Waals surface area contributed by atoms with Crippen LogP contribution in [0.3, 0.4) is 0 Å². The van der Waals surface area contributed by atoms with Gasteiger partial charge in [0.05, 0.1) is 18.2 Å². The van der Waals surface area contributed by atoms with E-state index in [2.05, 4.69) is 13.8 Å². The average Bonchev–Trinajstić information content (AvgIpc) is 2.68. The van der Waals surface area contributed by atoms with Gasteiger partial charge in [-0.15, -0.1) is 0 Å². The van der Waals surface area contributed by atoms with Crippen LogP contribution in [0.5, 0.6) is 5.75 Å². The average molecular weight is 269 g/mol. The summed E-state index contributed by atoms with van der Waals surface area (Å²) in [5.41, 5.74) is 1.00. The Labute approximate surface area is 114 Å². The first kappa shape index (κ1) is 13.7. The minimum atomic E-state index is -0.485. The van der Waals surface area contributed by atoms with E-state index in [-0.39, 0.29) is 11.3 Å². The second kappa shape index (κ2) is 5.10. The quantitative estimate of drug-likeness (QED) is 0.890. The number of rotatable bonds is 3. The van der Waals surface area contributed by atoms with E-state index in [0.29, 0.717) is 5.02 Å². The van der Waals surface area contributed by atoms with Gasteiger partial charge in [0.2, 0.25) is 0 Å². The Balaban J connectivity index is 2.26. The van der Waals surface area contributed by atoms with Crippen molar-refractivity contribution in [3.05, 3.63) is 28.8 Å². The van der Waals surface area contributed by atoms with Crippen LogP contribution in [0.1, 0.15) is 44.8 Å². The lowest BCUT2D eigenvalue weighted by Gasteiger charge is -2.31. The number of methoxy groups -OCH3 is 1. The highest BCUT2D eigenvalue weighted by Crippen LogP contribution is 2.49. The van der Waals surface area contributed by atoms with Gasteiger partial charge in [0.1, 0.15) is 5.75 Å². The summed E-state index contributed by atoms with van der Waals surface area (Å²) in [4.78, 5) is 0. The van der Waals surface area contributed by atoms with E-state index in [1.165, 1.54) is 12.8 Å². The Morgan fingerprint density at radius 1 is 1.44 bits per heavy atom. The molecule has 3 heteroatoms. The van der Waals surface area contributed by atoms with Crippen molar-refractivity contribution in [1.29, 1.82) is 0 Å². The van der Waals surface area contributed by atoms with E-state index in [4.69, 9.17) is 16.3 Å². The molecule has 0 aliphatic heterocycles. The largest absolute Gasteiger partial charge is 0.497 e. The van der Waals surface area contributed by atoms with Crippen LogP contribution in [0.25, 0.3) is 0 Å². The van der Waals surface area contributed by atoms with Gasteiger partial charge < -0.3 is 9.84 Å². The van der Waals surface area contributed by atoms with Crippen LogP contribution in [0.4, 0.5) is 0 Å². The van der Waals surface area contributed by atoms with Gasteiger partial charge in [0.15, 0.2) is 0 Å². The van der Waals surface area contributed by atoms with Crippen LogP contribution in [0.15, 0.2) is 18.2 Å². The zero-order chi connectivity index (χ0) is 13.3. The molecule has 2 rings (SSSR count). The molecule has 18 heavy (non-hydrogen) atoms. The van der Waals surface area contributed by atoms with E-state index < -0.39 is 6.10 Å². The third-order valence-electron chi connectivity index (χ3n) is 4.25. The molecule has 100 valence electrons. The monoisotopic (exact) mass is 268 g/mol. The van der Waals surface area contributed by atoms with E-state index >= 15 is 0 Å². The normalized spacial score (nSPS) is 23.9. The maximum Gasteiger partial charge on any atom is 0.120 e. The molecule has 1 fully saturated rings. The van der Waals surface area contributed by atoms with Crippen LogP contribution in [-0.2, 0) is 0 Å². The molecular formula is C15H21ClO2. The van der Waals surface area contributed by atoms with Gasteiger partial charge in [0, 0.05) is 0 Å². The number of benzene rings is 1. The van der Waals surface area contributed by atoms with Crippen LogP contribution in [-0.4, -0.2) is 12.2 Å². The van der Waals surface area contributed by atoms with Gasteiger partial charge in [0.25, 0.3) is 0 Å². The fourth-order valence-electron chi connectivity index (χ4n) is 3.03. The fourth-order valence-corrected chi connectivity index (χ4v) is 3.31. The van der Waals surface area contributed by atoms with E-state index in [9.17, 15) is 5.11 Å². The molecule has 0 spiro atoms. The third-order valence-corrected chi connectivity index (χ3v) is 4.57. The van der Waals surface area contributed by atoms with Crippen molar-refractivity contribution in [2.75, 3.05) is 7.11 Å². The van der Waals surface area contributed by atoms with Crippen molar-refractivity contribution in [3.63, 3.8) is 0 Å². The Hall–Kier alpha value is -0.730. The summed E-state index contributed by atoms with van der Waals surface area (Å²) in [7, 11) is 1.61. The number of halogens is 1. The summed E-state index contributed by atoms with van der Waals surface area (Å²) in [5.74, 6) is 1.00. The van der Waals surface area contributed by atoms with Crippen molar-refractivity contribution in [1.82, 2.24) is 0 Å². The number of ether oxygens (including phenoxy) is 1. The summed E-state index contributed by atoms with van der Waals surface area (Å²) in [6, 6.07) is 5.49. The zero-order valence-electron chi connectivity index (χ0n) is 11.2. The highest BCUT2D eigenvalue weighted by Gasteiger charge is 2.39. The van der Waals surface area contributed by atoms with Gasteiger partial charge in [-0.2, -0.15) is 0 Å². The second-order valence-electron chi connectivity index (χ2n) is 5.82. The van der Waals surface area contributed by atoms with Gasteiger partial charge in [-0.3, -0.25) is 0 Å². The number of hydrogen-bond acceptors (Lipinski definition) is 2. The van der Waals surface area contributed by atoms with Crippen molar-refractivity contribution in [2.24, 2.45) is 11.3 Å². The van der Waals surface area contributed by atoms with Crippen LogP contribution < -0.4 is 4.74 Å². The molecule has 1 aromatic rings. The van der Waals surface area contributed by atoms with Gasteiger partial charge in [-0.25, -0.2) is 0 Å². The Morgan fingerprint density at radius 3 is 2.67 bits per heavy atom. The molecule has 1 aromatic carbocycles. The van der Waals surface area contributed by atoms with Gasteiger partial charge in [-0.1, -0.05) is 37.9 Å². The SMILES string of the molecule is COc1ccc(C(O)C2CCCC2(C)C)c(Cl)c1. The molecule has 0 aromatic heterocycles.